The van der Waals surface area contributed by atoms with Crippen LogP contribution in [0.25, 0.3) is 0 Å². The maximum absolute atomic E-state index is 13.2. The molecule has 1 saturated heterocycles. The minimum atomic E-state index is -5.57. The Hall–Kier alpha value is -1.21. The molecular formula is C14H16F5N2. The summed E-state index contributed by atoms with van der Waals surface area (Å²) in [7, 11) is 0. The Morgan fingerprint density at radius 1 is 0.952 bits per heavy atom. The Bertz CT molecular complexity index is 447. The van der Waals surface area contributed by atoms with Gasteiger partial charge < -0.3 is 0 Å². The van der Waals surface area contributed by atoms with Gasteiger partial charge in [0.05, 0.1) is 0 Å². The van der Waals surface area contributed by atoms with E-state index in [1.165, 1.54) is 12.1 Å². The Labute approximate surface area is 119 Å². The van der Waals surface area contributed by atoms with E-state index in [0.29, 0.717) is 6.54 Å². The molecule has 2 nitrogen and oxygen atoms in total. The highest BCUT2D eigenvalue weighted by molar-refractivity contribution is 5.27. The fraction of sp³-hybridized carbons (Fsp3) is 0.571. The lowest BCUT2D eigenvalue weighted by atomic mass is 10.1. The predicted octanol–water partition coefficient (Wildman–Crippen LogP) is 3.15. The van der Waals surface area contributed by atoms with Gasteiger partial charge in [-0.05, 0) is 18.5 Å². The number of halogens is 5. The second-order valence-corrected chi connectivity index (χ2v) is 5.07. The van der Waals surface area contributed by atoms with E-state index in [1.807, 2.05) is 0 Å². The molecule has 1 radical (unpaired) electrons. The van der Waals surface area contributed by atoms with E-state index < -0.39 is 17.7 Å². The zero-order valence-corrected chi connectivity index (χ0v) is 11.3. The van der Waals surface area contributed by atoms with Gasteiger partial charge in [-0.3, -0.25) is 4.90 Å². The van der Waals surface area contributed by atoms with E-state index in [0.717, 1.165) is 50.3 Å². The molecule has 2 rings (SSSR count). The molecule has 0 amide bonds. The first kappa shape index (κ1) is 16.2. The fourth-order valence-electron chi connectivity index (χ4n) is 2.24. The molecule has 1 aliphatic rings. The van der Waals surface area contributed by atoms with Crippen LogP contribution < -0.4 is 5.32 Å². The largest absolute Gasteiger partial charge is 0.458 e. The highest BCUT2D eigenvalue weighted by atomic mass is 19.4. The van der Waals surface area contributed by atoms with Crippen LogP contribution in [0.3, 0.4) is 0 Å². The van der Waals surface area contributed by atoms with Crippen LogP contribution in [0.2, 0.25) is 0 Å². The molecule has 7 heteroatoms. The summed E-state index contributed by atoms with van der Waals surface area (Å²) in [5.41, 5.74) is -0.303. The molecule has 117 valence electrons. The van der Waals surface area contributed by atoms with Gasteiger partial charge in [-0.25, -0.2) is 5.32 Å². The van der Waals surface area contributed by atoms with Crippen molar-refractivity contribution in [3.63, 3.8) is 0 Å². The van der Waals surface area contributed by atoms with E-state index in [-0.39, 0.29) is 0 Å². The van der Waals surface area contributed by atoms with Gasteiger partial charge >= 0.3 is 12.1 Å². The zero-order valence-electron chi connectivity index (χ0n) is 11.3. The minimum absolute atomic E-state index is 0.535. The highest BCUT2D eigenvalue weighted by Crippen LogP contribution is 2.43. The van der Waals surface area contributed by atoms with Gasteiger partial charge in [-0.1, -0.05) is 24.3 Å². The van der Waals surface area contributed by atoms with Crippen molar-refractivity contribution in [2.24, 2.45) is 0 Å². The SMILES string of the molecule is FC(F)(F)C(F)(F)c1ccc(CN2CCC[N]CC2)cc1. The molecule has 0 aliphatic carbocycles. The summed E-state index contributed by atoms with van der Waals surface area (Å²) in [6, 6.07) is 4.37. The smallest absolute Gasteiger partial charge is 0.298 e. The summed E-state index contributed by atoms with van der Waals surface area (Å²) >= 11 is 0. The molecule has 0 aromatic heterocycles. The van der Waals surface area contributed by atoms with E-state index in [4.69, 9.17) is 0 Å². The van der Waals surface area contributed by atoms with Gasteiger partial charge in [-0.2, -0.15) is 22.0 Å². The lowest BCUT2D eigenvalue weighted by molar-refractivity contribution is -0.289. The van der Waals surface area contributed by atoms with Gasteiger partial charge in [0.1, 0.15) is 0 Å². The average Bonchev–Trinajstić information content (AvgIpc) is 2.67. The van der Waals surface area contributed by atoms with Crippen LogP contribution in [-0.4, -0.2) is 37.3 Å². The van der Waals surface area contributed by atoms with E-state index in [9.17, 15) is 22.0 Å². The zero-order chi connectivity index (χ0) is 15.5. The van der Waals surface area contributed by atoms with E-state index in [1.54, 1.807) is 0 Å². The number of rotatable bonds is 3. The average molecular weight is 307 g/mol. The number of hydrogen-bond acceptors (Lipinski definition) is 1. The number of benzene rings is 1. The van der Waals surface area contributed by atoms with Crippen LogP contribution in [0.1, 0.15) is 17.5 Å². The van der Waals surface area contributed by atoms with Crippen LogP contribution in [0.4, 0.5) is 22.0 Å². The highest BCUT2D eigenvalue weighted by Gasteiger charge is 2.58. The van der Waals surface area contributed by atoms with Crippen molar-refractivity contribution >= 4 is 0 Å². The molecule has 0 saturated carbocycles. The van der Waals surface area contributed by atoms with Gasteiger partial charge in [0.15, 0.2) is 0 Å². The van der Waals surface area contributed by atoms with Crippen LogP contribution >= 0.6 is 0 Å². The van der Waals surface area contributed by atoms with E-state index >= 15 is 0 Å². The second-order valence-electron chi connectivity index (χ2n) is 5.07. The van der Waals surface area contributed by atoms with Gasteiger partial charge in [-0.15, -0.1) is 0 Å². The van der Waals surface area contributed by atoms with E-state index in [2.05, 4.69) is 10.2 Å². The van der Waals surface area contributed by atoms with Crippen molar-refractivity contribution in [2.75, 3.05) is 26.2 Å². The first-order chi connectivity index (χ1) is 9.80. The summed E-state index contributed by atoms with van der Waals surface area (Å²) in [6.07, 6.45) is -4.63. The van der Waals surface area contributed by atoms with Gasteiger partial charge in [0.25, 0.3) is 0 Å². The van der Waals surface area contributed by atoms with Gasteiger partial charge in [0.2, 0.25) is 0 Å². The standard InChI is InChI=1S/C14H16F5N2/c15-13(16,14(17,18)19)12-4-2-11(3-5-12)10-21-8-1-6-20-7-9-21/h2-5H,1,6-10H2. The monoisotopic (exact) mass is 307 g/mol. The second kappa shape index (κ2) is 6.27. The fourth-order valence-corrected chi connectivity index (χ4v) is 2.24. The molecule has 0 bridgehead atoms. The number of nitrogens with zero attached hydrogens (tertiary/aromatic N) is 2. The van der Waals surface area contributed by atoms with Crippen LogP contribution in [0.5, 0.6) is 0 Å². The Kier molecular flexibility index (Phi) is 4.83. The summed E-state index contributed by atoms with van der Waals surface area (Å²) in [5, 5.41) is 4.27. The van der Waals surface area contributed by atoms with Crippen molar-refractivity contribution in [1.29, 1.82) is 0 Å². The van der Waals surface area contributed by atoms with Crippen molar-refractivity contribution in [3.05, 3.63) is 35.4 Å². The third kappa shape index (κ3) is 3.91. The molecular weight excluding hydrogens is 291 g/mol. The molecule has 0 unspecified atom stereocenters. The quantitative estimate of drug-likeness (QED) is 0.784. The molecule has 1 heterocycles. The third-order valence-corrected chi connectivity index (χ3v) is 3.44. The van der Waals surface area contributed by atoms with Crippen molar-refractivity contribution in [2.45, 2.75) is 25.1 Å². The molecule has 0 N–H and O–H groups in total. The first-order valence-electron chi connectivity index (χ1n) is 6.70. The first-order valence-corrected chi connectivity index (χ1v) is 6.70. The number of alkyl halides is 5. The predicted molar refractivity (Wildman–Crippen MR) is 68.2 cm³/mol. The minimum Gasteiger partial charge on any atom is -0.298 e. The van der Waals surface area contributed by atoms with Crippen molar-refractivity contribution in [3.8, 4) is 0 Å². The summed E-state index contributed by atoms with van der Waals surface area (Å²) in [4.78, 5) is 2.12. The molecule has 1 fully saturated rings. The Morgan fingerprint density at radius 2 is 1.62 bits per heavy atom. The normalized spacial score (nSPS) is 18.5. The molecule has 1 aliphatic heterocycles. The Balaban J connectivity index is 2.05. The summed E-state index contributed by atoms with van der Waals surface area (Å²) in [5.74, 6) is -4.81. The van der Waals surface area contributed by atoms with Crippen LogP contribution in [-0.2, 0) is 12.5 Å². The summed E-state index contributed by atoms with van der Waals surface area (Å²) < 4.78 is 63.1. The number of hydrogen-bond donors (Lipinski definition) is 0. The maximum atomic E-state index is 13.2. The molecule has 0 atom stereocenters. The summed E-state index contributed by atoms with van der Waals surface area (Å²) in [6.45, 7) is 3.70. The molecule has 1 aromatic carbocycles. The van der Waals surface area contributed by atoms with Gasteiger partial charge in [0, 0.05) is 31.7 Å². The lowest BCUT2D eigenvalue weighted by Crippen LogP contribution is -2.33. The maximum Gasteiger partial charge on any atom is 0.458 e. The van der Waals surface area contributed by atoms with Crippen LogP contribution in [0.15, 0.2) is 24.3 Å². The third-order valence-electron chi connectivity index (χ3n) is 3.44. The topological polar surface area (TPSA) is 17.3 Å². The van der Waals surface area contributed by atoms with Crippen LogP contribution in [0, 0.1) is 0 Å². The molecule has 0 spiro atoms. The lowest BCUT2D eigenvalue weighted by Gasteiger charge is -2.21. The van der Waals surface area contributed by atoms with Crippen molar-refractivity contribution < 1.29 is 22.0 Å². The Morgan fingerprint density at radius 3 is 2.24 bits per heavy atom. The molecule has 21 heavy (non-hydrogen) atoms. The van der Waals surface area contributed by atoms with Crippen molar-refractivity contribution in [1.82, 2.24) is 10.2 Å². The molecule has 1 aromatic rings.